The molecule has 18 heavy (non-hydrogen) atoms. The van der Waals surface area contributed by atoms with Gasteiger partial charge >= 0.3 is 5.69 Å². The fourth-order valence-corrected chi connectivity index (χ4v) is 1.85. The SMILES string of the molecule is C=CC[N+](C)(CC=C)CCn1ccc(=O)[nH]c1=O. The zero-order chi connectivity index (χ0) is 13.6. The minimum absolute atomic E-state index is 0.369. The van der Waals surface area contributed by atoms with Crippen LogP contribution in [0, 0.1) is 0 Å². The number of nitrogens with one attached hydrogen (secondary N) is 1. The maximum atomic E-state index is 11.5. The Hall–Kier alpha value is -1.88. The number of likely N-dealkylation sites (N-methyl/N-ethyl adjacent to an activating group) is 1. The molecular weight excluding hydrogens is 230 g/mol. The first-order chi connectivity index (χ1) is 8.50. The van der Waals surface area contributed by atoms with E-state index in [1.165, 1.54) is 16.8 Å². The van der Waals surface area contributed by atoms with Crippen LogP contribution in [0.5, 0.6) is 0 Å². The molecule has 1 aromatic heterocycles. The molecule has 5 nitrogen and oxygen atoms in total. The van der Waals surface area contributed by atoms with Crippen LogP contribution in [0.1, 0.15) is 0 Å². The van der Waals surface area contributed by atoms with E-state index in [2.05, 4.69) is 25.2 Å². The van der Waals surface area contributed by atoms with Crippen molar-refractivity contribution in [2.24, 2.45) is 0 Å². The summed E-state index contributed by atoms with van der Waals surface area (Å²) in [5, 5.41) is 0. The van der Waals surface area contributed by atoms with E-state index in [0.717, 1.165) is 24.1 Å². The second kappa shape index (κ2) is 6.16. The topological polar surface area (TPSA) is 54.9 Å². The van der Waals surface area contributed by atoms with Crippen LogP contribution in [0.25, 0.3) is 0 Å². The summed E-state index contributed by atoms with van der Waals surface area (Å²) < 4.78 is 2.24. The zero-order valence-corrected chi connectivity index (χ0v) is 10.8. The molecule has 0 amide bonds. The highest BCUT2D eigenvalue weighted by Gasteiger charge is 2.17. The molecule has 0 radical (unpaired) electrons. The standard InChI is InChI=1S/C13H19N3O2/c1-4-9-16(3,10-5-2)11-8-15-7-6-12(17)14-13(15)18/h4-7H,1-2,8-11H2,3H3/p+1. The van der Waals surface area contributed by atoms with E-state index < -0.39 is 0 Å². The molecule has 1 rings (SSSR count). The Balaban J connectivity index is 2.78. The number of nitrogens with zero attached hydrogens (tertiary/aromatic N) is 2. The smallest absolute Gasteiger partial charge is 0.318 e. The van der Waals surface area contributed by atoms with Crippen LogP contribution in [0.3, 0.4) is 0 Å². The minimum Gasteiger partial charge on any atom is -0.318 e. The molecule has 1 N–H and O–H groups in total. The molecule has 0 aliphatic rings. The van der Waals surface area contributed by atoms with Gasteiger partial charge in [0, 0.05) is 12.3 Å². The molecule has 98 valence electrons. The van der Waals surface area contributed by atoms with Crippen molar-refractivity contribution in [3.63, 3.8) is 0 Å². The first-order valence-corrected chi connectivity index (χ1v) is 5.86. The number of hydrogen-bond acceptors (Lipinski definition) is 2. The molecule has 0 saturated carbocycles. The molecule has 0 fully saturated rings. The minimum atomic E-state index is -0.370. The average molecular weight is 250 g/mol. The maximum Gasteiger partial charge on any atom is 0.328 e. The summed E-state index contributed by atoms with van der Waals surface area (Å²) in [6.45, 7) is 10.4. The monoisotopic (exact) mass is 250 g/mol. The van der Waals surface area contributed by atoms with E-state index in [9.17, 15) is 9.59 Å². The summed E-state index contributed by atoms with van der Waals surface area (Å²) in [6, 6.07) is 1.35. The molecule has 0 spiro atoms. The quantitative estimate of drug-likeness (QED) is 0.561. The fraction of sp³-hybridized carbons (Fsp3) is 0.385. The van der Waals surface area contributed by atoms with Gasteiger partial charge in [0.05, 0.1) is 33.2 Å². The Kier molecular flexibility index (Phi) is 4.85. The normalized spacial score (nSPS) is 11.2. The van der Waals surface area contributed by atoms with Crippen molar-refractivity contribution in [1.82, 2.24) is 9.55 Å². The Morgan fingerprint density at radius 3 is 2.44 bits per heavy atom. The summed E-state index contributed by atoms with van der Waals surface area (Å²) in [5.41, 5.74) is -0.739. The summed E-state index contributed by atoms with van der Waals surface area (Å²) >= 11 is 0. The average Bonchev–Trinajstić information content (AvgIpc) is 2.28. The van der Waals surface area contributed by atoms with Crippen LogP contribution in [0.15, 0.2) is 47.2 Å². The highest BCUT2D eigenvalue weighted by molar-refractivity contribution is 4.82. The lowest BCUT2D eigenvalue weighted by atomic mass is 10.3. The van der Waals surface area contributed by atoms with Crippen LogP contribution in [-0.2, 0) is 6.54 Å². The van der Waals surface area contributed by atoms with Crippen molar-refractivity contribution in [3.8, 4) is 0 Å². The molecule has 0 atom stereocenters. The molecule has 0 aromatic carbocycles. The number of quaternary nitrogens is 1. The van der Waals surface area contributed by atoms with E-state index in [4.69, 9.17) is 0 Å². The summed E-state index contributed by atoms with van der Waals surface area (Å²) in [7, 11) is 2.08. The van der Waals surface area contributed by atoms with Crippen LogP contribution in [-0.4, -0.2) is 40.7 Å². The summed E-state index contributed by atoms with van der Waals surface area (Å²) in [4.78, 5) is 24.7. The molecule has 1 aromatic rings. The van der Waals surface area contributed by atoms with E-state index in [-0.39, 0.29) is 11.2 Å². The lowest BCUT2D eigenvalue weighted by molar-refractivity contribution is -0.898. The van der Waals surface area contributed by atoms with Gasteiger partial charge in [-0.25, -0.2) is 4.79 Å². The van der Waals surface area contributed by atoms with E-state index >= 15 is 0 Å². The lowest BCUT2D eigenvalue weighted by Crippen LogP contribution is -2.47. The van der Waals surface area contributed by atoms with Crippen LogP contribution in [0.2, 0.25) is 0 Å². The van der Waals surface area contributed by atoms with Crippen molar-refractivity contribution in [1.29, 1.82) is 0 Å². The van der Waals surface area contributed by atoms with E-state index in [1.54, 1.807) is 0 Å². The van der Waals surface area contributed by atoms with Gasteiger partial charge in [0.2, 0.25) is 0 Å². The largest absolute Gasteiger partial charge is 0.328 e. The van der Waals surface area contributed by atoms with Gasteiger partial charge in [0.25, 0.3) is 5.56 Å². The number of hydrogen-bond donors (Lipinski definition) is 1. The third-order valence-corrected chi connectivity index (χ3v) is 2.92. The number of aromatic amines is 1. The molecule has 0 saturated heterocycles. The van der Waals surface area contributed by atoms with Gasteiger partial charge in [0.1, 0.15) is 0 Å². The van der Waals surface area contributed by atoms with Gasteiger partial charge in [-0.05, 0) is 12.2 Å². The molecule has 0 aliphatic carbocycles. The van der Waals surface area contributed by atoms with Gasteiger partial charge in [-0.15, -0.1) is 0 Å². The molecule has 0 unspecified atom stereocenters. The van der Waals surface area contributed by atoms with Crippen molar-refractivity contribution in [2.75, 3.05) is 26.7 Å². The summed E-state index contributed by atoms with van der Waals surface area (Å²) in [6.07, 6.45) is 5.24. The highest BCUT2D eigenvalue weighted by Crippen LogP contribution is 2.03. The third kappa shape index (κ3) is 3.85. The molecule has 0 aliphatic heterocycles. The van der Waals surface area contributed by atoms with Gasteiger partial charge in [0.15, 0.2) is 0 Å². The van der Waals surface area contributed by atoms with Crippen molar-refractivity contribution >= 4 is 0 Å². The third-order valence-electron chi connectivity index (χ3n) is 2.92. The molecule has 1 heterocycles. The highest BCUT2D eigenvalue weighted by atomic mass is 16.2. The second-order valence-electron chi connectivity index (χ2n) is 4.59. The van der Waals surface area contributed by atoms with E-state index in [0.29, 0.717) is 6.54 Å². The lowest BCUT2D eigenvalue weighted by Gasteiger charge is -2.32. The van der Waals surface area contributed by atoms with Crippen molar-refractivity contribution in [2.45, 2.75) is 6.54 Å². The Bertz CT molecular complexity index is 518. The van der Waals surface area contributed by atoms with Gasteiger partial charge in [-0.1, -0.05) is 13.2 Å². The predicted octanol–water partition coefficient (Wildman–Crippen LogP) is 0.355. The van der Waals surface area contributed by atoms with Crippen LogP contribution in [0.4, 0.5) is 0 Å². The fourth-order valence-electron chi connectivity index (χ4n) is 1.85. The van der Waals surface area contributed by atoms with Crippen LogP contribution < -0.4 is 11.2 Å². The first kappa shape index (κ1) is 14.2. The Morgan fingerprint density at radius 2 is 1.94 bits per heavy atom. The number of aromatic nitrogens is 2. The van der Waals surface area contributed by atoms with Crippen LogP contribution >= 0.6 is 0 Å². The van der Waals surface area contributed by atoms with Gasteiger partial charge < -0.3 is 4.48 Å². The summed E-state index contributed by atoms with van der Waals surface area (Å²) in [5.74, 6) is 0. The van der Waals surface area contributed by atoms with Gasteiger partial charge in [-0.3, -0.25) is 14.3 Å². The van der Waals surface area contributed by atoms with Crippen molar-refractivity contribution in [3.05, 3.63) is 58.4 Å². The molecule has 5 heteroatoms. The van der Waals surface area contributed by atoms with Gasteiger partial charge in [-0.2, -0.15) is 0 Å². The van der Waals surface area contributed by atoms with Crippen molar-refractivity contribution < 1.29 is 4.48 Å². The second-order valence-corrected chi connectivity index (χ2v) is 4.59. The molecule has 0 bridgehead atoms. The Morgan fingerprint density at radius 1 is 1.33 bits per heavy atom. The predicted molar refractivity (Wildman–Crippen MR) is 72.5 cm³/mol. The zero-order valence-electron chi connectivity index (χ0n) is 10.8. The molecular formula is C13H20N3O2+. The Labute approximate surface area is 106 Å². The van der Waals surface area contributed by atoms with E-state index in [1.807, 2.05) is 12.2 Å². The maximum absolute atomic E-state index is 11.5. The first-order valence-electron chi connectivity index (χ1n) is 5.86. The number of rotatable bonds is 7. The number of H-pyrrole nitrogens is 1.